The summed E-state index contributed by atoms with van der Waals surface area (Å²) in [5, 5.41) is 2.90. The molecule has 0 radical (unpaired) electrons. The van der Waals surface area contributed by atoms with Gasteiger partial charge in [-0.05, 0) is 44.2 Å². The lowest BCUT2D eigenvalue weighted by atomic mass is 10.2. The number of hydrogen-bond acceptors (Lipinski definition) is 6. The first-order valence-electron chi connectivity index (χ1n) is 9.82. The van der Waals surface area contributed by atoms with E-state index in [9.17, 15) is 9.59 Å². The van der Waals surface area contributed by atoms with Crippen molar-refractivity contribution in [3.63, 3.8) is 0 Å². The molecule has 7 heteroatoms. The standard InChI is InChI=1S/C22H26N2O5/c1-3-24(18-8-5-7-16(13-18)22(26)27-4-2)15-21(25)23-17-9-10-19-20(14-17)29-12-6-11-28-19/h5,7-10,13-14H,3-4,6,11-12,15H2,1-2H3,(H,23,25). The number of likely N-dealkylation sites (N-methyl/N-ethyl adjacent to an activating group) is 1. The normalized spacial score (nSPS) is 12.6. The fourth-order valence-corrected chi connectivity index (χ4v) is 3.04. The number of esters is 1. The van der Waals surface area contributed by atoms with Gasteiger partial charge in [-0.15, -0.1) is 0 Å². The Kier molecular flexibility index (Phi) is 6.94. The molecule has 2 aromatic carbocycles. The number of hydrogen-bond donors (Lipinski definition) is 1. The molecule has 1 aliphatic heterocycles. The van der Waals surface area contributed by atoms with Crippen molar-refractivity contribution in [2.45, 2.75) is 20.3 Å². The zero-order chi connectivity index (χ0) is 20.6. The molecular formula is C22H26N2O5. The monoisotopic (exact) mass is 398 g/mol. The van der Waals surface area contributed by atoms with Crippen molar-refractivity contribution in [3.8, 4) is 11.5 Å². The van der Waals surface area contributed by atoms with Crippen LogP contribution in [0.5, 0.6) is 11.5 Å². The number of carbonyl (C=O) groups excluding carboxylic acids is 2. The molecule has 3 rings (SSSR count). The van der Waals surface area contributed by atoms with E-state index >= 15 is 0 Å². The van der Waals surface area contributed by atoms with Gasteiger partial charge in [0, 0.05) is 30.4 Å². The Morgan fingerprint density at radius 2 is 1.86 bits per heavy atom. The molecule has 154 valence electrons. The van der Waals surface area contributed by atoms with Crippen molar-refractivity contribution >= 4 is 23.3 Å². The van der Waals surface area contributed by atoms with Crippen LogP contribution in [0.2, 0.25) is 0 Å². The number of rotatable bonds is 7. The summed E-state index contributed by atoms with van der Waals surface area (Å²) in [4.78, 5) is 26.5. The van der Waals surface area contributed by atoms with E-state index in [2.05, 4.69) is 5.32 Å². The van der Waals surface area contributed by atoms with E-state index in [0.29, 0.717) is 49.1 Å². The second-order valence-corrected chi connectivity index (χ2v) is 6.55. The predicted molar refractivity (Wildman–Crippen MR) is 111 cm³/mol. The minimum Gasteiger partial charge on any atom is -0.490 e. The van der Waals surface area contributed by atoms with Gasteiger partial charge in [0.2, 0.25) is 5.91 Å². The topological polar surface area (TPSA) is 77.1 Å². The van der Waals surface area contributed by atoms with Gasteiger partial charge in [-0.3, -0.25) is 4.79 Å². The summed E-state index contributed by atoms with van der Waals surface area (Å²) in [6, 6.07) is 12.5. The molecule has 1 heterocycles. The van der Waals surface area contributed by atoms with E-state index in [1.807, 2.05) is 17.9 Å². The van der Waals surface area contributed by atoms with Crippen LogP contribution in [0, 0.1) is 0 Å². The van der Waals surface area contributed by atoms with E-state index in [1.54, 1.807) is 43.3 Å². The third-order valence-electron chi connectivity index (χ3n) is 4.47. The SMILES string of the molecule is CCOC(=O)c1cccc(N(CC)CC(=O)Nc2ccc3c(c2)OCCCO3)c1. The molecule has 1 N–H and O–H groups in total. The van der Waals surface area contributed by atoms with Crippen molar-refractivity contribution < 1.29 is 23.8 Å². The lowest BCUT2D eigenvalue weighted by Crippen LogP contribution is -2.33. The molecular weight excluding hydrogens is 372 g/mol. The van der Waals surface area contributed by atoms with Gasteiger partial charge in [0.1, 0.15) is 0 Å². The lowest BCUT2D eigenvalue weighted by molar-refractivity contribution is -0.115. The summed E-state index contributed by atoms with van der Waals surface area (Å²) in [7, 11) is 0. The van der Waals surface area contributed by atoms with E-state index in [-0.39, 0.29) is 18.4 Å². The molecule has 0 bridgehead atoms. The largest absolute Gasteiger partial charge is 0.490 e. The van der Waals surface area contributed by atoms with E-state index < -0.39 is 0 Å². The minimum atomic E-state index is -0.373. The molecule has 0 fully saturated rings. The highest BCUT2D eigenvalue weighted by Gasteiger charge is 2.15. The summed E-state index contributed by atoms with van der Waals surface area (Å²) >= 11 is 0. The summed E-state index contributed by atoms with van der Waals surface area (Å²) in [5.41, 5.74) is 1.90. The summed E-state index contributed by atoms with van der Waals surface area (Å²) in [6.07, 6.45) is 0.826. The second-order valence-electron chi connectivity index (χ2n) is 6.55. The zero-order valence-electron chi connectivity index (χ0n) is 16.8. The number of anilines is 2. The Hall–Kier alpha value is -3.22. The zero-order valence-corrected chi connectivity index (χ0v) is 16.8. The fraction of sp³-hybridized carbons (Fsp3) is 0.364. The maximum Gasteiger partial charge on any atom is 0.338 e. The molecule has 29 heavy (non-hydrogen) atoms. The number of ether oxygens (including phenoxy) is 3. The molecule has 0 spiro atoms. The van der Waals surface area contributed by atoms with Gasteiger partial charge in [0.15, 0.2) is 11.5 Å². The van der Waals surface area contributed by atoms with Crippen LogP contribution < -0.4 is 19.7 Å². The van der Waals surface area contributed by atoms with Crippen molar-refractivity contribution in [1.29, 1.82) is 0 Å². The Morgan fingerprint density at radius 3 is 2.62 bits per heavy atom. The van der Waals surface area contributed by atoms with Gasteiger partial charge in [-0.25, -0.2) is 4.79 Å². The molecule has 0 saturated heterocycles. The predicted octanol–water partition coefficient (Wildman–Crippen LogP) is 3.49. The van der Waals surface area contributed by atoms with Gasteiger partial charge in [0.05, 0.1) is 31.9 Å². The van der Waals surface area contributed by atoms with Crippen LogP contribution in [-0.4, -0.2) is 44.8 Å². The van der Waals surface area contributed by atoms with Crippen LogP contribution in [0.25, 0.3) is 0 Å². The molecule has 0 aliphatic carbocycles. The lowest BCUT2D eigenvalue weighted by Gasteiger charge is -2.23. The van der Waals surface area contributed by atoms with Crippen molar-refractivity contribution in [2.75, 3.05) is 43.1 Å². The Balaban J connectivity index is 1.67. The quantitative estimate of drug-likeness (QED) is 0.720. The molecule has 2 aromatic rings. The minimum absolute atomic E-state index is 0.150. The highest BCUT2D eigenvalue weighted by Crippen LogP contribution is 2.32. The molecule has 0 saturated carbocycles. The first-order valence-corrected chi connectivity index (χ1v) is 9.82. The van der Waals surface area contributed by atoms with Crippen LogP contribution in [0.3, 0.4) is 0 Å². The van der Waals surface area contributed by atoms with Gasteiger partial charge in [-0.2, -0.15) is 0 Å². The molecule has 1 amide bonds. The highest BCUT2D eigenvalue weighted by atomic mass is 16.5. The van der Waals surface area contributed by atoms with Crippen molar-refractivity contribution in [3.05, 3.63) is 48.0 Å². The molecule has 1 aliphatic rings. The van der Waals surface area contributed by atoms with E-state index in [0.717, 1.165) is 12.1 Å². The molecule has 7 nitrogen and oxygen atoms in total. The maximum atomic E-state index is 12.6. The van der Waals surface area contributed by atoms with Crippen LogP contribution >= 0.6 is 0 Å². The van der Waals surface area contributed by atoms with Crippen molar-refractivity contribution in [1.82, 2.24) is 0 Å². The fourth-order valence-electron chi connectivity index (χ4n) is 3.04. The summed E-state index contributed by atoms with van der Waals surface area (Å²) < 4.78 is 16.3. The van der Waals surface area contributed by atoms with Crippen molar-refractivity contribution in [2.24, 2.45) is 0 Å². The number of carbonyl (C=O) groups is 2. The average Bonchev–Trinajstić information content (AvgIpc) is 2.97. The summed E-state index contributed by atoms with van der Waals surface area (Å²) in [5.74, 6) is 0.783. The number of benzene rings is 2. The van der Waals surface area contributed by atoms with Crippen LogP contribution in [0.1, 0.15) is 30.6 Å². The number of nitrogens with zero attached hydrogens (tertiary/aromatic N) is 1. The second kappa shape index (κ2) is 9.82. The van der Waals surface area contributed by atoms with Crippen LogP contribution in [0.4, 0.5) is 11.4 Å². The summed E-state index contributed by atoms with van der Waals surface area (Å²) in [6.45, 7) is 6.01. The van der Waals surface area contributed by atoms with E-state index in [1.165, 1.54) is 0 Å². The smallest absolute Gasteiger partial charge is 0.338 e. The number of fused-ring (bicyclic) bond motifs is 1. The first-order chi connectivity index (χ1) is 14.1. The molecule has 0 aromatic heterocycles. The average molecular weight is 398 g/mol. The Labute approximate surface area is 170 Å². The Bertz CT molecular complexity index is 868. The van der Waals surface area contributed by atoms with Gasteiger partial charge < -0.3 is 24.4 Å². The van der Waals surface area contributed by atoms with Crippen LogP contribution in [0.15, 0.2) is 42.5 Å². The number of nitrogens with one attached hydrogen (secondary N) is 1. The highest BCUT2D eigenvalue weighted by molar-refractivity contribution is 5.95. The van der Waals surface area contributed by atoms with Gasteiger partial charge >= 0.3 is 5.97 Å². The number of amides is 1. The maximum absolute atomic E-state index is 12.6. The Morgan fingerprint density at radius 1 is 1.07 bits per heavy atom. The van der Waals surface area contributed by atoms with Gasteiger partial charge in [0.25, 0.3) is 0 Å². The molecule has 0 unspecified atom stereocenters. The van der Waals surface area contributed by atoms with Gasteiger partial charge in [-0.1, -0.05) is 6.07 Å². The first kappa shape index (κ1) is 20.5. The molecule has 0 atom stereocenters. The third-order valence-corrected chi connectivity index (χ3v) is 4.47. The van der Waals surface area contributed by atoms with E-state index in [4.69, 9.17) is 14.2 Å². The van der Waals surface area contributed by atoms with Crippen LogP contribution in [-0.2, 0) is 9.53 Å². The third kappa shape index (κ3) is 5.40.